The lowest BCUT2D eigenvalue weighted by Crippen LogP contribution is -2.58. The zero-order valence-corrected chi connectivity index (χ0v) is 16.9. The molecule has 27 heavy (non-hydrogen) atoms. The van der Waals surface area contributed by atoms with E-state index in [1.165, 1.54) is 12.1 Å². The molecule has 1 heterocycles. The highest BCUT2D eigenvalue weighted by Crippen LogP contribution is 2.18. The van der Waals surface area contributed by atoms with Gasteiger partial charge in [-0.05, 0) is 53.0 Å². The number of amides is 1. The third-order valence-corrected chi connectivity index (χ3v) is 5.22. The number of benzene rings is 1. The summed E-state index contributed by atoms with van der Waals surface area (Å²) in [4.78, 5) is 31.3. The molecule has 6 heteroatoms. The van der Waals surface area contributed by atoms with Crippen LogP contribution in [0.4, 0.5) is 4.39 Å². The number of hydrogen-bond acceptors (Lipinski definition) is 4. The topological polar surface area (TPSA) is 43.9 Å². The first kappa shape index (κ1) is 21.5. The van der Waals surface area contributed by atoms with E-state index in [9.17, 15) is 14.0 Å². The van der Waals surface area contributed by atoms with E-state index in [0.29, 0.717) is 25.2 Å². The summed E-state index contributed by atoms with van der Waals surface area (Å²) < 4.78 is 13.7. The van der Waals surface area contributed by atoms with Crippen molar-refractivity contribution >= 4 is 11.7 Å². The third-order valence-electron chi connectivity index (χ3n) is 5.22. The Hall–Kier alpha value is -1.79. The normalized spacial score (nSPS) is 20.9. The fraction of sp³-hybridized carbons (Fsp3) is 0.619. The summed E-state index contributed by atoms with van der Waals surface area (Å²) in [5, 5.41) is 0. The average molecular weight is 378 g/mol. The molecule has 5 nitrogen and oxygen atoms in total. The molecular weight excluding hydrogens is 345 g/mol. The fourth-order valence-electron chi connectivity index (χ4n) is 3.77. The number of carbonyl (C=O) groups excluding carboxylic acids is 2. The molecule has 1 aromatic rings. The Morgan fingerprint density at radius 2 is 1.74 bits per heavy atom. The minimum Gasteiger partial charge on any atom is -0.340 e. The first-order valence-corrected chi connectivity index (χ1v) is 9.75. The second-order valence-corrected chi connectivity index (χ2v) is 7.79. The molecule has 1 amide bonds. The van der Waals surface area contributed by atoms with Gasteiger partial charge in [0.1, 0.15) is 5.82 Å². The van der Waals surface area contributed by atoms with E-state index in [2.05, 4.69) is 37.7 Å². The van der Waals surface area contributed by atoms with Gasteiger partial charge < -0.3 is 9.80 Å². The average Bonchev–Trinajstić information content (AvgIpc) is 2.61. The summed E-state index contributed by atoms with van der Waals surface area (Å²) in [6.07, 6.45) is 1.28. The molecule has 0 radical (unpaired) electrons. The number of ketones is 1. The van der Waals surface area contributed by atoms with Crippen LogP contribution in [0.2, 0.25) is 0 Å². The van der Waals surface area contributed by atoms with E-state index in [1.54, 1.807) is 12.1 Å². The lowest BCUT2D eigenvalue weighted by atomic mass is 10.0. The van der Waals surface area contributed by atoms with Crippen molar-refractivity contribution in [1.29, 1.82) is 0 Å². The molecule has 2 unspecified atom stereocenters. The quantitative estimate of drug-likeness (QED) is 0.654. The van der Waals surface area contributed by atoms with E-state index in [-0.39, 0.29) is 30.1 Å². The van der Waals surface area contributed by atoms with Gasteiger partial charge in [0.25, 0.3) is 0 Å². The molecule has 1 aliphatic heterocycles. The van der Waals surface area contributed by atoms with E-state index >= 15 is 0 Å². The second-order valence-electron chi connectivity index (χ2n) is 7.79. The van der Waals surface area contributed by atoms with Crippen molar-refractivity contribution in [3.63, 3.8) is 0 Å². The van der Waals surface area contributed by atoms with Gasteiger partial charge >= 0.3 is 0 Å². The molecule has 0 aromatic heterocycles. The maximum atomic E-state index is 13.7. The molecule has 150 valence electrons. The van der Waals surface area contributed by atoms with Crippen molar-refractivity contribution in [3.05, 3.63) is 35.6 Å². The summed E-state index contributed by atoms with van der Waals surface area (Å²) >= 11 is 0. The highest BCUT2D eigenvalue weighted by molar-refractivity contribution is 5.98. The van der Waals surface area contributed by atoms with Gasteiger partial charge in [-0.3, -0.25) is 14.5 Å². The minimum absolute atomic E-state index is 0.0219. The molecule has 0 spiro atoms. The van der Waals surface area contributed by atoms with Gasteiger partial charge in [-0.15, -0.1) is 0 Å². The summed E-state index contributed by atoms with van der Waals surface area (Å²) in [5.74, 6) is -0.861. The Morgan fingerprint density at radius 1 is 1.11 bits per heavy atom. The number of nitrogens with zero attached hydrogens (tertiary/aromatic N) is 3. The number of halogens is 1. The number of carbonyl (C=O) groups is 2. The summed E-state index contributed by atoms with van der Waals surface area (Å²) in [7, 11) is 4.15. The second kappa shape index (κ2) is 9.95. The van der Waals surface area contributed by atoms with Gasteiger partial charge in [-0.25, -0.2) is 4.39 Å². The van der Waals surface area contributed by atoms with Gasteiger partial charge in [0.05, 0.1) is 5.56 Å². The van der Waals surface area contributed by atoms with Gasteiger partial charge in [-0.1, -0.05) is 12.1 Å². The van der Waals surface area contributed by atoms with Crippen LogP contribution in [-0.4, -0.2) is 78.7 Å². The number of hydrogen-bond donors (Lipinski definition) is 0. The molecule has 0 saturated carbocycles. The molecule has 2 rings (SSSR count). The summed E-state index contributed by atoms with van der Waals surface area (Å²) in [5.41, 5.74) is 0.0674. The van der Waals surface area contributed by atoms with Crippen molar-refractivity contribution < 1.29 is 14.0 Å². The van der Waals surface area contributed by atoms with Crippen molar-refractivity contribution in [2.24, 2.45) is 0 Å². The Kier molecular flexibility index (Phi) is 7.92. The maximum Gasteiger partial charge on any atom is 0.223 e. The van der Waals surface area contributed by atoms with E-state index < -0.39 is 5.82 Å². The molecule has 1 aliphatic rings. The molecule has 0 aliphatic carbocycles. The Labute approximate surface area is 162 Å². The molecule has 1 fully saturated rings. The van der Waals surface area contributed by atoms with Crippen LogP contribution in [-0.2, 0) is 4.79 Å². The highest BCUT2D eigenvalue weighted by atomic mass is 19.1. The van der Waals surface area contributed by atoms with E-state index in [0.717, 1.165) is 19.5 Å². The van der Waals surface area contributed by atoms with Crippen molar-refractivity contribution in [1.82, 2.24) is 14.7 Å². The fourth-order valence-corrected chi connectivity index (χ4v) is 3.77. The largest absolute Gasteiger partial charge is 0.340 e. The molecule has 1 saturated heterocycles. The van der Waals surface area contributed by atoms with Crippen LogP contribution < -0.4 is 0 Å². The molecule has 0 N–H and O–H groups in total. The highest BCUT2D eigenvalue weighted by Gasteiger charge is 2.31. The van der Waals surface area contributed by atoms with Gasteiger partial charge in [0.2, 0.25) is 5.91 Å². The number of Topliss-reactive ketones (excluding diaryl/α,β-unsaturated/α-hetero) is 1. The lowest BCUT2D eigenvalue weighted by molar-refractivity contribution is -0.135. The summed E-state index contributed by atoms with van der Waals surface area (Å²) in [6.45, 7) is 7.73. The van der Waals surface area contributed by atoms with Crippen LogP contribution in [0.15, 0.2) is 24.3 Å². The smallest absolute Gasteiger partial charge is 0.223 e. The van der Waals surface area contributed by atoms with Crippen LogP contribution in [0.3, 0.4) is 0 Å². The molecule has 2 atom stereocenters. The minimum atomic E-state index is -0.525. The van der Waals surface area contributed by atoms with Gasteiger partial charge in [0, 0.05) is 44.6 Å². The first-order valence-electron chi connectivity index (χ1n) is 9.75. The zero-order valence-electron chi connectivity index (χ0n) is 16.9. The SMILES string of the molecule is CC1CN(C(=O)CCC(=O)c2ccccc2F)CC(C)N1CCCN(C)C. The predicted octanol–water partition coefficient (Wildman–Crippen LogP) is 2.66. The molecule has 0 bridgehead atoms. The maximum absolute atomic E-state index is 13.7. The van der Waals surface area contributed by atoms with Gasteiger partial charge in [0.15, 0.2) is 5.78 Å². The standard InChI is InChI=1S/C21H32FN3O2/c1-16-14-24(15-17(2)25(16)13-7-12-23(3)4)21(27)11-10-20(26)18-8-5-6-9-19(18)22/h5-6,8-9,16-17H,7,10-15H2,1-4H3. The van der Waals surface area contributed by atoms with Crippen molar-refractivity contribution in [2.45, 2.75) is 45.2 Å². The molecular formula is C21H32FN3O2. The monoisotopic (exact) mass is 377 g/mol. The van der Waals surface area contributed by atoms with Crippen LogP contribution in [0, 0.1) is 5.82 Å². The Bertz CT molecular complexity index is 638. The van der Waals surface area contributed by atoms with Gasteiger partial charge in [-0.2, -0.15) is 0 Å². The van der Waals surface area contributed by atoms with Crippen molar-refractivity contribution in [2.75, 3.05) is 40.3 Å². The van der Waals surface area contributed by atoms with Crippen molar-refractivity contribution in [3.8, 4) is 0 Å². The van der Waals surface area contributed by atoms with E-state index in [1.807, 2.05) is 4.90 Å². The first-order chi connectivity index (χ1) is 12.8. The number of rotatable bonds is 8. The lowest BCUT2D eigenvalue weighted by Gasteiger charge is -2.44. The van der Waals surface area contributed by atoms with Crippen LogP contribution in [0.25, 0.3) is 0 Å². The third kappa shape index (κ3) is 6.11. The van der Waals surface area contributed by atoms with Crippen LogP contribution >= 0.6 is 0 Å². The zero-order chi connectivity index (χ0) is 20.0. The Morgan fingerprint density at radius 3 is 2.33 bits per heavy atom. The van der Waals surface area contributed by atoms with E-state index in [4.69, 9.17) is 0 Å². The van der Waals surface area contributed by atoms with Crippen LogP contribution in [0.5, 0.6) is 0 Å². The molecule has 1 aromatic carbocycles. The summed E-state index contributed by atoms with van der Waals surface area (Å²) in [6, 6.07) is 6.52. The Balaban J connectivity index is 1.84. The number of piperazine rings is 1. The van der Waals surface area contributed by atoms with Crippen LogP contribution in [0.1, 0.15) is 43.5 Å². The predicted molar refractivity (Wildman–Crippen MR) is 105 cm³/mol.